The van der Waals surface area contributed by atoms with Gasteiger partial charge in [-0.05, 0) is 42.8 Å². The Hall–Kier alpha value is -2.23. The van der Waals surface area contributed by atoms with E-state index in [-0.39, 0.29) is 64.8 Å². The van der Waals surface area contributed by atoms with E-state index in [1.54, 1.807) is 12.1 Å². The molecule has 0 aliphatic carbocycles. The molecule has 0 amide bonds. The zero-order chi connectivity index (χ0) is 24.1. The molecule has 2 saturated heterocycles. The first-order chi connectivity index (χ1) is 16.3. The number of hydrogen-bond acceptors (Lipinski definition) is 5. The molecular formula is C27H34Br2NO6+. The number of esters is 2. The molecule has 2 bridgehead atoms. The lowest BCUT2D eigenvalue weighted by Gasteiger charge is -2.47. The van der Waals surface area contributed by atoms with Crippen molar-refractivity contribution < 1.29 is 33.4 Å². The number of benzene rings is 2. The first kappa shape index (κ1) is 30.0. The highest BCUT2D eigenvalue weighted by Gasteiger charge is 2.52. The molecule has 7 nitrogen and oxygen atoms in total. The highest BCUT2D eigenvalue weighted by atomic mass is 79.9. The monoisotopic (exact) mass is 626 g/mol. The van der Waals surface area contributed by atoms with Gasteiger partial charge in [-0.2, -0.15) is 0 Å². The van der Waals surface area contributed by atoms with Crippen LogP contribution in [0.15, 0.2) is 54.6 Å². The number of piperidine rings is 1. The third-order valence-corrected chi connectivity index (χ3v) is 7.31. The molecule has 4 rings (SSSR count). The number of carbonyl (C=O) groups excluding carboxylic acids is 2. The fourth-order valence-corrected chi connectivity index (χ4v) is 5.47. The standard InChI is InChI=1S/C27H31NO6.2BrH/c1-28(18-19-10-14-23(15-11-19)34-27(32)20-6-3-2-4-7-20)21-12-13-22(28)17-24(16-21)33-26(31)9-5-8-25(29)30;;/h2-4,6-7,10-11,14-15,21-22,24H,5,8-9,12-13,16-18H2,1H3;2*1H/p+1/t21-,22+,24?,28?;;. The Morgan fingerprint density at radius 3 is 2.11 bits per heavy atom. The Balaban J connectivity index is 0.00000228. The number of aliphatic carboxylic acids is 1. The second kappa shape index (κ2) is 13.4. The van der Waals surface area contributed by atoms with Crippen molar-refractivity contribution in [2.45, 2.75) is 69.7 Å². The third kappa shape index (κ3) is 7.40. The summed E-state index contributed by atoms with van der Waals surface area (Å²) in [6.45, 7) is 0.877. The van der Waals surface area contributed by atoms with Gasteiger partial charge >= 0.3 is 17.9 Å². The molecule has 1 N–H and O–H groups in total. The van der Waals surface area contributed by atoms with Gasteiger partial charge in [-0.25, -0.2) is 4.79 Å². The minimum atomic E-state index is -0.890. The van der Waals surface area contributed by atoms with Gasteiger partial charge in [0.25, 0.3) is 0 Å². The van der Waals surface area contributed by atoms with Gasteiger partial charge in [0.15, 0.2) is 0 Å². The third-order valence-electron chi connectivity index (χ3n) is 7.31. The van der Waals surface area contributed by atoms with E-state index in [9.17, 15) is 14.4 Å². The highest BCUT2D eigenvalue weighted by molar-refractivity contribution is 8.93. The van der Waals surface area contributed by atoms with Crippen LogP contribution in [-0.4, -0.2) is 52.7 Å². The molecular weight excluding hydrogens is 594 g/mol. The molecule has 2 fully saturated rings. The van der Waals surface area contributed by atoms with E-state index in [0.29, 0.717) is 29.8 Å². The van der Waals surface area contributed by atoms with Crippen molar-refractivity contribution >= 4 is 51.9 Å². The smallest absolute Gasteiger partial charge is 0.343 e. The Bertz CT molecular complexity index is 1020. The Morgan fingerprint density at radius 2 is 1.53 bits per heavy atom. The summed E-state index contributed by atoms with van der Waals surface area (Å²) in [5, 5.41) is 8.73. The molecule has 2 aromatic carbocycles. The average Bonchev–Trinajstić information content (AvgIpc) is 2.97. The van der Waals surface area contributed by atoms with Crippen molar-refractivity contribution in [2.75, 3.05) is 7.05 Å². The fourth-order valence-electron chi connectivity index (χ4n) is 5.47. The van der Waals surface area contributed by atoms with Crippen LogP contribution in [0.2, 0.25) is 0 Å². The average molecular weight is 628 g/mol. The minimum absolute atomic E-state index is 0. The van der Waals surface area contributed by atoms with E-state index in [4.69, 9.17) is 14.6 Å². The number of halogens is 2. The Kier molecular flexibility index (Phi) is 11.1. The van der Waals surface area contributed by atoms with Crippen molar-refractivity contribution in [1.29, 1.82) is 0 Å². The van der Waals surface area contributed by atoms with Gasteiger partial charge in [-0.1, -0.05) is 18.2 Å². The molecule has 2 heterocycles. The predicted molar refractivity (Wildman–Crippen MR) is 146 cm³/mol. The highest BCUT2D eigenvalue weighted by Crippen LogP contribution is 2.43. The maximum Gasteiger partial charge on any atom is 0.343 e. The van der Waals surface area contributed by atoms with Crippen LogP contribution in [0.1, 0.15) is 60.9 Å². The van der Waals surface area contributed by atoms with E-state index < -0.39 is 5.97 Å². The molecule has 0 aromatic heterocycles. The van der Waals surface area contributed by atoms with Gasteiger partial charge in [0.1, 0.15) is 18.4 Å². The number of fused-ring (bicyclic) bond motifs is 2. The van der Waals surface area contributed by atoms with Crippen LogP contribution < -0.4 is 4.74 Å². The summed E-state index contributed by atoms with van der Waals surface area (Å²) < 4.78 is 12.1. The number of rotatable bonds is 9. The first-order valence-corrected chi connectivity index (χ1v) is 12.0. The summed E-state index contributed by atoms with van der Waals surface area (Å²) in [4.78, 5) is 35.0. The summed E-state index contributed by atoms with van der Waals surface area (Å²) in [6.07, 6.45) is 4.28. The van der Waals surface area contributed by atoms with Crippen molar-refractivity contribution in [3.63, 3.8) is 0 Å². The minimum Gasteiger partial charge on any atom is -0.481 e. The van der Waals surface area contributed by atoms with E-state index in [1.807, 2.05) is 42.5 Å². The normalized spacial score (nSPS) is 24.1. The molecule has 196 valence electrons. The number of carboxylic acid groups (broad SMARTS) is 1. The number of ether oxygens (including phenoxy) is 2. The molecule has 36 heavy (non-hydrogen) atoms. The fraction of sp³-hybridized carbons (Fsp3) is 0.444. The molecule has 2 unspecified atom stereocenters. The van der Waals surface area contributed by atoms with Crippen LogP contribution in [0.5, 0.6) is 5.75 Å². The Morgan fingerprint density at radius 1 is 0.917 bits per heavy atom. The van der Waals surface area contributed by atoms with Crippen molar-refractivity contribution in [1.82, 2.24) is 0 Å². The molecule has 2 aromatic rings. The summed E-state index contributed by atoms with van der Waals surface area (Å²) in [6, 6.07) is 17.5. The number of quaternary nitrogens is 1. The topological polar surface area (TPSA) is 89.9 Å². The lowest BCUT2D eigenvalue weighted by Crippen LogP contribution is -2.58. The first-order valence-electron chi connectivity index (χ1n) is 12.0. The van der Waals surface area contributed by atoms with Crippen LogP contribution in [-0.2, 0) is 20.9 Å². The van der Waals surface area contributed by atoms with Crippen LogP contribution >= 0.6 is 34.0 Å². The lowest BCUT2D eigenvalue weighted by atomic mass is 9.95. The van der Waals surface area contributed by atoms with Gasteiger partial charge in [0, 0.05) is 44.1 Å². The number of carboxylic acids is 1. The molecule has 9 heteroatoms. The second-order valence-corrected chi connectivity index (χ2v) is 9.62. The van der Waals surface area contributed by atoms with E-state index in [0.717, 1.165) is 36.7 Å². The van der Waals surface area contributed by atoms with Gasteiger partial charge < -0.3 is 19.1 Å². The van der Waals surface area contributed by atoms with E-state index in [1.165, 1.54) is 5.56 Å². The molecule has 0 spiro atoms. The van der Waals surface area contributed by atoms with E-state index in [2.05, 4.69) is 7.05 Å². The summed E-state index contributed by atoms with van der Waals surface area (Å²) >= 11 is 0. The van der Waals surface area contributed by atoms with Crippen LogP contribution in [0.25, 0.3) is 0 Å². The quantitative estimate of drug-likeness (QED) is 0.224. The molecule has 2 aliphatic heterocycles. The number of nitrogens with zero attached hydrogens (tertiary/aromatic N) is 1. The number of hydrogen-bond donors (Lipinski definition) is 1. The maximum absolute atomic E-state index is 12.3. The second-order valence-electron chi connectivity index (χ2n) is 9.62. The van der Waals surface area contributed by atoms with Gasteiger partial charge in [0.2, 0.25) is 0 Å². The largest absolute Gasteiger partial charge is 0.481 e. The number of carbonyl (C=O) groups is 3. The van der Waals surface area contributed by atoms with Crippen LogP contribution in [0.4, 0.5) is 0 Å². The molecule has 4 atom stereocenters. The van der Waals surface area contributed by atoms with Crippen molar-refractivity contribution in [3.8, 4) is 5.75 Å². The summed E-state index contributed by atoms with van der Waals surface area (Å²) in [5.41, 5.74) is 1.70. The summed E-state index contributed by atoms with van der Waals surface area (Å²) in [7, 11) is 2.29. The van der Waals surface area contributed by atoms with Gasteiger partial charge in [-0.15, -0.1) is 34.0 Å². The van der Waals surface area contributed by atoms with Crippen LogP contribution in [0.3, 0.4) is 0 Å². The maximum atomic E-state index is 12.3. The van der Waals surface area contributed by atoms with Crippen molar-refractivity contribution in [3.05, 3.63) is 65.7 Å². The lowest BCUT2D eigenvalue weighted by molar-refractivity contribution is -0.961. The van der Waals surface area contributed by atoms with Gasteiger partial charge in [0.05, 0.1) is 24.7 Å². The summed E-state index contributed by atoms with van der Waals surface area (Å²) in [5.74, 6) is -1.02. The van der Waals surface area contributed by atoms with Crippen molar-refractivity contribution in [2.24, 2.45) is 0 Å². The predicted octanol–water partition coefficient (Wildman–Crippen LogP) is 5.50. The zero-order valence-electron chi connectivity index (χ0n) is 20.3. The SMILES string of the molecule is Br.Br.C[N+]1(Cc2ccc(OC(=O)c3ccccc3)cc2)[C@@H]2CC[C@H]1CC(OC(=O)CCCC(=O)O)C2. The molecule has 2 aliphatic rings. The molecule has 0 radical (unpaired) electrons. The molecule has 0 saturated carbocycles. The zero-order valence-corrected chi connectivity index (χ0v) is 23.8. The van der Waals surface area contributed by atoms with Crippen LogP contribution in [0, 0.1) is 0 Å². The van der Waals surface area contributed by atoms with Gasteiger partial charge in [-0.3, -0.25) is 9.59 Å². The van der Waals surface area contributed by atoms with E-state index >= 15 is 0 Å². The Labute approximate surface area is 232 Å².